The Morgan fingerprint density at radius 2 is 2.04 bits per heavy atom. The van der Waals surface area contributed by atoms with Crippen LogP contribution < -0.4 is 11.1 Å². The van der Waals surface area contributed by atoms with Crippen molar-refractivity contribution in [1.82, 2.24) is 9.97 Å². The van der Waals surface area contributed by atoms with Gasteiger partial charge in [0.25, 0.3) is 5.91 Å². The second-order valence-electron chi connectivity index (χ2n) is 8.88. The zero-order chi connectivity index (χ0) is 18.2. The third-order valence-corrected chi connectivity index (χ3v) is 7.64. The third kappa shape index (κ3) is 1.98. The third-order valence-electron chi connectivity index (χ3n) is 7.64. The molecule has 1 aromatic rings. The normalized spacial score (nSPS) is 43.2. The average Bonchev–Trinajstić information content (AvgIpc) is 3.14. The number of aromatic nitrogens is 2. The molecule has 4 aliphatic rings. The molecule has 0 saturated heterocycles. The first-order valence-corrected chi connectivity index (χ1v) is 9.74. The fourth-order valence-corrected chi connectivity index (χ4v) is 6.18. The van der Waals surface area contributed by atoms with Crippen molar-refractivity contribution in [2.24, 2.45) is 11.1 Å². The molecule has 3 atom stereocenters. The fourth-order valence-electron chi connectivity index (χ4n) is 6.18. The maximum absolute atomic E-state index is 11.9. The summed E-state index contributed by atoms with van der Waals surface area (Å²) in [6.45, 7) is 0. The van der Waals surface area contributed by atoms with Gasteiger partial charge in [0.05, 0.1) is 22.7 Å². The van der Waals surface area contributed by atoms with E-state index in [2.05, 4.69) is 10.3 Å². The highest BCUT2D eigenvalue weighted by Gasteiger charge is 2.85. The zero-order valence-electron chi connectivity index (χ0n) is 14.9. The Bertz CT molecular complexity index is 774. The van der Waals surface area contributed by atoms with Gasteiger partial charge in [-0.05, 0) is 63.2 Å². The molecule has 4 fully saturated rings. The average molecular weight is 358 g/mol. The molecule has 26 heavy (non-hydrogen) atoms. The van der Waals surface area contributed by atoms with Gasteiger partial charge < -0.3 is 21.3 Å². The van der Waals surface area contributed by atoms with Crippen LogP contribution in [0.1, 0.15) is 74.0 Å². The van der Waals surface area contributed by atoms with E-state index in [0.29, 0.717) is 18.1 Å². The van der Waals surface area contributed by atoms with Crippen molar-refractivity contribution in [2.45, 2.75) is 80.9 Å². The van der Waals surface area contributed by atoms with Crippen LogP contribution in [0.2, 0.25) is 0 Å². The molecule has 0 aliphatic heterocycles. The molecule has 5 rings (SSSR count). The number of carbonyl (C=O) groups is 1. The summed E-state index contributed by atoms with van der Waals surface area (Å²) < 4.78 is 0. The highest BCUT2D eigenvalue weighted by molar-refractivity contribution is 5.97. The first-order chi connectivity index (χ1) is 12.4. The quantitative estimate of drug-likeness (QED) is 0.642. The van der Waals surface area contributed by atoms with E-state index in [-0.39, 0.29) is 28.5 Å². The van der Waals surface area contributed by atoms with Gasteiger partial charge in [0, 0.05) is 12.2 Å². The highest BCUT2D eigenvalue weighted by Crippen LogP contribution is 2.84. The summed E-state index contributed by atoms with van der Waals surface area (Å²) in [5, 5.41) is 24.4. The smallest absolute Gasteiger partial charge is 0.254 e. The molecule has 4 aliphatic carbocycles. The minimum atomic E-state index is -0.709. The molecule has 2 bridgehead atoms. The van der Waals surface area contributed by atoms with E-state index in [1.807, 2.05) is 0 Å². The topological polar surface area (TPSA) is 121 Å². The van der Waals surface area contributed by atoms with Crippen LogP contribution in [0, 0.1) is 5.41 Å². The lowest BCUT2D eigenvalue weighted by atomic mass is 9.83. The number of hydrogen-bond donors (Lipinski definition) is 4. The summed E-state index contributed by atoms with van der Waals surface area (Å²) in [7, 11) is 0. The van der Waals surface area contributed by atoms with Crippen LogP contribution >= 0.6 is 0 Å². The molecular formula is C19H26N4O3. The standard InChI is InChI=1S/C19H26N4O3/c20-14(25)13-9-21-16(19-10-17(19)4-6-18(19,26)7-5-17)23-15(13)22-11-2-1-3-12(24)8-11/h9,11-12,24,26H,1-8,10H2,(H2,20,25)(H,21,22,23)/t11-,12+,17?,18?,19?/m1/s1. The Morgan fingerprint density at radius 1 is 1.27 bits per heavy atom. The minimum absolute atomic E-state index is 0.0636. The summed E-state index contributed by atoms with van der Waals surface area (Å²) in [5.74, 6) is 0.540. The molecule has 1 amide bonds. The van der Waals surface area contributed by atoms with Gasteiger partial charge >= 0.3 is 0 Å². The fraction of sp³-hybridized carbons (Fsp3) is 0.737. The minimum Gasteiger partial charge on any atom is -0.393 e. The molecule has 7 nitrogen and oxygen atoms in total. The maximum atomic E-state index is 11.9. The Morgan fingerprint density at radius 3 is 2.62 bits per heavy atom. The van der Waals surface area contributed by atoms with Gasteiger partial charge in [-0.3, -0.25) is 4.79 Å². The Hall–Kier alpha value is -1.73. The number of aliphatic hydroxyl groups excluding tert-OH is 1. The molecule has 0 spiro atoms. The molecule has 0 aromatic carbocycles. The largest absolute Gasteiger partial charge is 0.393 e. The van der Waals surface area contributed by atoms with Gasteiger partial charge in [-0.2, -0.15) is 0 Å². The zero-order valence-corrected chi connectivity index (χ0v) is 14.9. The van der Waals surface area contributed by atoms with Gasteiger partial charge in [0.2, 0.25) is 0 Å². The summed E-state index contributed by atoms with van der Waals surface area (Å²) in [6, 6.07) is 0.0636. The molecule has 5 N–H and O–H groups in total. The van der Waals surface area contributed by atoms with E-state index in [1.165, 1.54) is 6.20 Å². The molecule has 1 heterocycles. The van der Waals surface area contributed by atoms with Crippen molar-refractivity contribution in [3.8, 4) is 0 Å². The molecule has 1 aromatic heterocycles. The summed E-state index contributed by atoms with van der Waals surface area (Å²) in [6.07, 6.45) is 9.12. The second kappa shape index (κ2) is 5.16. The van der Waals surface area contributed by atoms with Crippen molar-refractivity contribution in [3.05, 3.63) is 17.6 Å². The summed E-state index contributed by atoms with van der Waals surface area (Å²) >= 11 is 0. The molecule has 4 saturated carbocycles. The summed E-state index contributed by atoms with van der Waals surface area (Å²) in [4.78, 5) is 21.1. The van der Waals surface area contributed by atoms with Crippen molar-refractivity contribution >= 4 is 11.7 Å². The predicted octanol–water partition coefficient (Wildman–Crippen LogP) is 1.24. The van der Waals surface area contributed by atoms with Gasteiger partial charge in [-0.15, -0.1) is 0 Å². The Kier molecular flexibility index (Phi) is 3.27. The molecular weight excluding hydrogens is 332 g/mol. The monoisotopic (exact) mass is 358 g/mol. The van der Waals surface area contributed by atoms with Crippen LogP contribution in [0.5, 0.6) is 0 Å². The number of nitrogens with two attached hydrogens (primary N) is 1. The first kappa shape index (κ1) is 16.4. The van der Waals surface area contributed by atoms with Crippen LogP contribution in [-0.4, -0.2) is 43.8 Å². The van der Waals surface area contributed by atoms with E-state index < -0.39 is 11.5 Å². The lowest BCUT2D eigenvalue weighted by Gasteiger charge is -2.31. The highest BCUT2D eigenvalue weighted by atomic mass is 16.3. The van der Waals surface area contributed by atoms with E-state index in [0.717, 1.165) is 51.4 Å². The summed E-state index contributed by atoms with van der Waals surface area (Å²) in [5.41, 5.74) is 4.89. The molecule has 140 valence electrons. The number of nitrogens with one attached hydrogen (secondary N) is 1. The molecule has 1 unspecified atom stereocenters. The number of nitrogens with zero attached hydrogens (tertiary/aromatic N) is 2. The number of carbonyl (C=O) groups excluding carboxylic acids is 1. The SMILES string of the molecule is NC(=O)c1cnc(C23CC24CCC3(O)CC4)nc1N[C@@H]1CCC[C@H](O)C1. The maximum Gasteiger partial charge on any atom is 0.254 e. The van der Waals surface area contributed by atoms with Crippen molar-refractivity contribution < 1.29 is 15.0 Å². The van der Waals surface area contributed by atoms with Crippen LogP contribution in [0.3, 0.4) is 0 Å². The first-order valence-electron chi connectivity index (χ1n) is 9.74. The number of primary amides is 1. The van der Waals surface area contributed by atoms with Crippen molar-refractivity contribution in [1.29, 1.82) is 0 Å². The number of hydrogen-bond acceptors (Lipinski definition) is 6. The number of rotatable bonds is 4. The van der Waals surface area contributed by atoms with Crippen LogP contribution in [0.25, 0.3) is 0 Å². The number of amides is 1. The van der Waals surface area contributed by atoms with E-state index in [9.17, 15) is 15.0 Å². The van der Waals surface area contributed by atoms with Gasteiger partial charge in [-0.25, -0.2) is 9.97 Å². The predicted molar refractivity (Wildman–Crippen MR) is 94.6 cm³/mol. The lowest BCUT2D eigenvalue weighted by molar-refractivity contribution is 0.00559. The van der Waals surface area contributed by atoms with Crippen LogP contribution in [0.4, 0.5) is 5.82 Å². The molecule has 7 heteroatoms. The Labute approximate surface area is 152 Å². The number of anilines is 1. The second-order valence-corrected chi connectivity index (χ2v) is 8.88. The Balaban J connectivity index is 1.51. The molecule has 0 radical (unpaired) electrons. The lowest BCUT2D eigenvalue weighted by Crippen LogP contribution is -2.39. The van der Waals surface area contributed by atoms with Gasteiger partial charge in [-0.1, -0.05) is 0 Å². The van der Waals surface area contributed by atoms with Crippen molar-refractivity contribution in [3.63, 3.8) is 0 Å². The number of aliphatic hydroxyl groups is 2. The van der Waals surface area contributed by atoms with Crippen LogP contribution in [0.15, 0.2) is 6.20 Å². The van der Waals surface area contributed by atoms with Crippen molar-refractivity contribution in [2.75, 3.05) is 5.32 Å². The van der Waals surface area contributed by atoms with Gasteiger partial charge in [0.15, 0.2) is 0 Å². The van der Waals surface area contributed by atoms with E-state index in [1.54, 1.807) is 0 Å². The van der Waals surface area contributed by atoms with Crippen LogP contribution in [-0.2, 0) is 5.41 Å². The van der Waals surface area contributed by atoms with Gasteiger partial charge in [0.1, 0.15) is 11.6 Å². The van der Waals surface area contributed by atoms with E-state index >= 15 is 0 Å². The van der Waals surface area contributed by atoms with E-state index in [4.69, 9.17) is 10.7 Å².